The fraction of sp³-hybridized carbons (Fsp3) is 0.273. The highest BCUT2D eigenvalue weighted by molar-refractivity contribution is 9.09. The van der Waals surface area contributed by atoms with Crippen molar-refractivity contribution in [2.45, 2.75) is 6.42 Å². The molecule has 0 spiro atoms. The molecule has 1 N–H and O–H groups in total. The maximum atomic E-state index is 13.4. The summed E-state index contributed by atoms with van der Waals surface area (Å²) < 4.78 is 17.9. The number of carbonyl (C=O) groups is 2. The topological polar surface area (TPSA) is 55.4 Å². The molecular formula is C11H11BrFNO3. The summed E-state index contributed by atoms with van der Waals surface area (Å²) in [5, 5.41) is 2.86. The Morgan fingerprint density at radius 2 is 2.18 bits per heavy atom. The van der Waals surface area contributed by atoms with Crippen LogP contribution in [0.4, 0.5) is 10.1 Å². The molecule has 0 aliphatic carbocycles. The van der Waals surface area contributed by atoms with E-state index in [1.165, 1.54) is 19.2 Å². The maximum Gasteiger partial charge on any atom is 0.337 e. The van der Waals surface area contributed by atoms with Crippen LogP contribution >= 0.6 is 15.9 Å². The Morgan fingerprint density at radius 3 is 2.76 bits per heavy atom. The fourth-order valence-electron chi connectivity index (χ4n) is 1.16. The molecule has 0 aliphatic heterocycles. The summed E-state index contributed by atoms with van der Waals surface area (Å²) >= 11 is 3.10. The number of amides is 1. The van der Waals surface area contributed by atoms with Gasteiger partial charge in [-0.3, -0.25) is 4.79 Å². The van der Waals surface area contributed by atoms with Gasteiger partial charge in [-0.25, -0.2) is 9.18 Å². The molecule has 0 atom stereocenters. The van der Waals surface area contributed by atoms with Crippen LogP contribution in [-0.4, -0.2) is 24.3 Å². The van der Waals surface area contributed by atoms with Crippen molar-refractivity contribution in [3.05, 3.63) is 29.6 Å². The smallest absolute Gasteiger partial charge is 0.337 e. The average Bonchev–Trinajstić information content (AvgIpc) is 2.31. The van der Waals surface area contributed by atoms with Crippen molar-refractivity contribution >= 4 is 33.5 Å². The molecule has 1 rings (SSSR count). The predicted octanol–water partition coefficient (Wildman–Crippen LogP) is 2.34. The lowest BCUT2D eigenvalue weighted by atomic mass is 10.2. The van der Waals surface area contributed by atoms with E-state index in [4.69, 9.17) is 0 Å². The van der Waals surface area contributed by atoms with Gasteiger partial charge in [-0.1, -0.05) is 15.9 Å². The molecule has 0 radical (unpaired) electrons. The molecular weight excluding hydrogens is 293 g/mol. The summed E-state index contributed by atoms with van der Waals surface area (Å²) in [6.45, 7) is 0. The minimum atomic E-state index is -0.597. The Labute approximate surface area is 106 Å². The van der Waals surface area contributed by atoms with Gasteiger partial charge in [0.05, 0.1) is 18.4 Å². The average molecular weight is 304 g/mol. The van der Waals surface area contributed by atoms with Gasteiger partial charge in [0.2, 0.25) is 5.91 Å². The Hall–Kier alpha value is -1.43. The lowest BCUT2D eigenvalue weighted by molar-refractivity contribution is -0.115. The second kappa shape index (κ2) is 6.34. The van der Waals surface area contributed by atoms with E-state index in [0.29, 0.717) is 5.33 Å². The lowest BCUT2D eigenvalue weighted by Gasteiger charge is -2.07. The van der Waals surface area contributed by atoms with Crippen molar-refractivity contribution in [1.82, 2.24) is 0 Å². The third-order valence-corrected chi connectivity index (χ3v) is 2.38. The number of methoxy groups -OCH3 is 1. The van der Waals surface area contributed by atoms with Crippen molar-refractivity contribution in [3.63, 3.8) is 0 Å². The van der Waals surface area contributed by atoms with Crippen molar-refractivity contribution in [3.8, 4) is 0 Å². The van der Waals surface area contributed by atoms with E-state index in [2.05, 4.69) is 26.0 Å². The largest absolute Gasteiger partial charge is 0.465 e. The molecule has 0 bridgehead atoms. The zero-order chi connectivity index (χ0) is 12.8. The molecule has 6 heteroatoms. The van der Waals surface area contributed by atoms with E-state index in [-0.39, 0.29) is 23.6 Å². The van der Waals surface area contributed by atoms with E-state index in [1.807, 2.05) is 0 Å². The molecule has 0 unspecified atom stereocenters. The van der Waals surface area contributed by atoms with Crippen molar-refractivity contribution in [2.24, 2.45) is 0 Å². The molecule has 0 heterocycles. The van der Waals surface area contributed by atoms with Gasteiger partial charge in [0.15, 0.2) is 0 Å². The third-order valence-electron chi connectivity index (χ3n) is 1.98. The Balaban J connectivity index is 2.90. The number of ether oxygens (including phenoxy) is 1. The van der Waals surface area contributed by atoms with Gasteiger partial charge in [0, 0.05) is 11.8 Å². The SMILES string of the molecule is COC(=O)c1ccc(F)c(NC(=O)CCBr)c1. The van der Waals surface area contributed by atoms with Crippen molar-refractivity contribution < 1.29 is 18.7 Å². The molecule has 17 heavy (non-hydrogen) atoms. The lowest BCUT2D eigenvalue weighted by Crippen LogP contribution is -2.13. The molecule has 92 valence electrons. The van der Waals surface area contributed by atoms with Crippen LogP contribution in [0.25, 0.3) is 0 Å². The fourth-order valence-corrected chi connectivity index (χ4v) is 1.52. The second-order valence-corrected chi connectivity index (χ2v) is 3.97. The minimum absolute atomic E-state index is 0.0288. The number of benzene rings is 1. The molecule has 1 aromatic carbocycles. The molecule has 0 aliphatic rings. The summed E-state index contributed by atoms with van der Waals surface area (Å²) in [6, 6.07) is 3.64. The summed E-state index contributed by atoms with van der Waals surface area (Å²) in [4.78, 5) is 22.5. The van der Waals surface area contributed by atoms with Gasteiger partial charge in [-0.15, -0.1) is 0 Å². The first-order valence-corrected chi connectivity index (χ1v) is 5.94. The summed E-state index contributed by atoms with van der Waals surface area (Å²) in [5.41, 5.74) is 0.155. The monoisotopic (exact) mass is 303 g/mol. The van der Waals surface area contributed by atoms with E-state index in [9.17, 15) is 14.0 Å². The van der Waals surface area contributed by atoms with E-state index in [1.54, 1.807) is 0 Å². The van der Waals surface area contributed by atoms with Crippen molar-refractivity contribution in [1.29, 1.82) is 0 Å². The number of hydrogen-bond donors (Lipinski definition) is 1. The highest BCUT2D eigenvalue weighted by atomic mass is 79.9. The first kappa shape index (κ1) is 13.6. The third kappa shape index (κ3) is 3.81. The zero-order valence-corrected chi connectivity index (χ0v) is 10.7. The van der Waals surface area contributed by atoms with Gasteiger partial charge in [0.1, 0.15) is 5.82 Å². The van der Waals surface area contributed by atoms with Crippen LogP contribution in [0, 0.1) is 5.82 Å². The van der Waals surface area contributed by atoms with Crippen molar-refractivity contribution in [2.75, 3.05) is 17.8 Å². The number of nitrogens with one attached hydrogen (secondary N) is 1. The first-order chi connectivity index (χ1) is 8.08. The highest BCUT2D eigenvalue weighted by Gasteiger charge is 2.11. The predicted molar refractivity (Wildman–Crippen MR) is 64.8 cm³/mol. The number of alkyl halides is 1. The Bertz CT molecular complexity index is 437. The Morgan fingerprint density at radius 1 is 1.47 bits per heavy atom. The maximum absolute atomic E-state index is 13.4. The second-order valence-electron chi connectivity index (χ2n) is 3.17. The van der Waals surface area contributed by atoms with Gasteiger partial charge >= 0.3 is 5.97 Å². The first-order valence-electron chi connectivity index (χ1n) is 4.82. The number of carbonyl (C=O) groups excluding carboxylic acids is 2. The zero-order valence-electron chi connectivity index (χ0n) is 9.13. The standard InChI is InChI=1S/C11H11BrFNO3/c1-17-11(16)7-2-3-8(13)9(6-7)14-10(15)4-5-12/h2-3,6H,4-5H2,1H3,(H,14,15). The van der Waals surface area contributed by atoms with E-state index in [0.717, 1.165) is 6.07 Å². The molecule has 4 nitrogen and oxygen atoms in total. The molecule has 1 aromatic rings. The van der Waals surface area contributed by atoms with Gasteiger partial charge in [0.25, 0.3) is 0 Å². The van der Waals surface area contributed by atoms with Crippen LogP contribution in [0.1, 0.15) is 16.8 Å². The Kier molecular flexibility index (Phi) is 5.09. The molecule has 0 fully saturated rings. The van der Waals surface area contributed by atoms with Gasteiger partial charge in [-0.2, -0.15) is 0 Å². The van der Waals surface area contributed by atoms with E-state index < -0.39 is 11.8 Å². The summed E-state index contributed by atoms with van der Waals surface area (Å²) in [6.07, 6.45) is 0.224. The molecule has 1 amide bonds. The number of hydrogen-bond acceptors (Lipinski definition) is 3. The quantitative estimate of drug-likeness (QED) is 0.686. The normalized spacial score (nSPS) is 9.82. The molecule has 0 aromatic heterocycles. The van der Waals surface area contributed by atoms with Gasteiger partial charge < -0.3 is 10.1 Å². The minimum Gasteiger partial charge on any atom is -0.465 e. The van der Waals surface area contributed by atoms with Crippen LogP contribution < -0.4 is 5.32 Å². The number of halogens is 2. The number of esters is 1. The van der Waals surface area contributed by atoms with Crippen LogP contribution in [0.3, 0.4) is 0 Å². The van der Waals surface area contributed by atoms with E-state index >= 15 is 0 Å². The molecule has 0 saturated carbocycles. The highest BCUT2D eigenvalue weighted by Crippen LogP contribution is 2.17. The van der Waals surface area contributed by atoms with Gasteiger partial charge in [-0.05, 0) is 18.2 Å². The molecule has 0 saturated heterocycles. The van der Waals surface area contributed by atoms with Crippen LogP contribution in [0.5, 0.6) is 0 Å². The van der Waals surface area contributed by atoms with Crippen LogP contribution in [0.2, 0.25) is 0 Å². The number of rotatable bonds is 4. The number of anilines is 1. The van der Waals surface area contributed by atoms with Crippen LogP contribution in [-0.2, 0) is 9.53 Å². The summed E-state index contributed by atoms with van der Waals surface area (Å²) in [5.74, 6) is -1.51. The van der Waals surface area contributed by atoms with Crippen LogP contribution in [0.15, 0.2) is 18.2 Å². The summed E-state index contributed by atoms with van der Waals surface area (Å²) in [7, 11) is 1.23.